The Labute approximate surface area is 192 Å². The largest absolute Gasteiger partial charge is 0.487 e. The molecule has 172 valence electrons. The number of pyridine rings is 1. The number of anilines is 2. The van der Waals surface area contributed by atoms with Crippen molar-refractivity contribution in [3.05, 3.63) is 71.4 Å². The van der Waals surface area contributed by atoms with E-state index in [1.807, 2.05) is 12.1 Å². The lowest BCUT2D eigenvalue weighted by Gasteiger charge is -2.19. The smallest absolute Gasteiger partial charge is 0.319 e. The first-order chi connectivity index (χ1) is 16.5. The molecular formula is C24H18F2N4O4. The van der Waals surface area contributed by atoms with Crippen molar-refractivity contribution in [2.45, 2.75) is 30.9 Å². The monoisotopic (exact) mass is 464 g/mol. The third-order valence-corrected chi connectivity index (χ3v) is 6.13. The number of ether oxygens (including phenoxy) is 2. The van der Waals surface area contributed by atoms with Crippen LogP contribution in [0.5, 0.6) is 17.2 Å². The number of nitrogens with zero attached hydrogens (tertiary/aromatic N) is 1. The van der Waals surface area contributed by atoms with Crippen LogP contribution in [0.1, 0.15) is 23.5 Å². The number of urea groups is 1. The van der Waals surface area contributed by atoms with E-state index < -0.39 is 17.7 Å². The number of amides is 3. The number of benzene rings is 2. The van der Waals surface area contributed by atoms with Crippen LogP contribution in [0, 0.1) is 11.6 Å². The summed E-state index contributed by atoms with van der Waals surface area (Å²) in [6, 6.07) is 9.62. The molecule has 3 atom stereocenters. The lowest BCUT2D eigenvalue weighted by atomic mass is 10.1. The summed E-state index contributed by atoms with van der Waals surface area (Å²) < 4.78 is 38.5. The van der Waals surface area contributed by atoms with Crippen LogP contribution in [0.4, 0.5) is 25.1 Å². The van der Waals surface area contributed by atoms with E-state index in [4.69, 9.17) is 9.47 Å². The van der Waals surface area contributed by atoms with Crippen molar-refractivity contribution in [2.24, 2.45) is 0 Å². The molecule has 0 bridgehead atoms. The zero-order valence-electron chi connectivity index (χ0n) is 17.6. The Morgan fingerprint density at radius 3 is 2.85 bits per heavy atom. The Morgan fingerprint density at radius 1 is 1.12 bits per heavy atom. The molecule has 34 heavy (non-hydrogen) atoms. The van der Waals surface area contributed by atoms with Gasteiger partial charge in [-0.15, -0.1) is 0 Å². The average molecular weight is 464 g/mol. The molecule has 0 saturated heterocycles. The van der Waals surface area contributed by atoms with Gasteiger partial charge in [0.1, 0.15) is 29.2 Å². The van der Waals surface area contributed by atoms with Crippen molar-refractivity contribution in [1.29, 1.82) is 0 Å². The van der Waals surface area contributed by atoms with Crippen molar-refractivity contribution >= 4 is 23.4 Å². The number of nitrogens with one attached hydrogen (secondary N) is 3. The van der Waals surface area contributed by atoms with Crippen molar-refractivity contribution in [1.82, 2.24) is 10.3 Å². The predicted molar refractivity (Wildman–Crippen MR) is 117 cm³/mol. The fraction of sp³-hybridized carbons (Fsp3) is 0.208. The fourth-order valence-corrected chi connectivity index (χ4v) is 4.45. The van der Waals surface area contributed by atoms with E-state index in [0.29, 0.717) is 30.2 Å². The molecule has 0 spiro atoms. The summed E-state index contributed by atoms with van der Waals surface area (Å²) in [5.41, 5.74) is 1.91. The highest BCUT2D eigenvalue weighted by molar-refractivity contribution is 5.93. The minimum Gasteiger partial charge on any atom is -0.487 e. The molecular weight excluding hydrogens is 446 g/mol. The van der Waals surface area contributed by atoms with Gasteiger partial charge in [0.05, 0.1) is 12.0 Å². The van der Waals surface area contributed by atoms with Crippen LogP contribution in [0.25, 0.3) is 0 Å². The quantitative estimate of drug-likeness (QED) is 0.540. The second-order valence-electron chi connectivity index (χ2n) is 8.35. The van der Waals surface area contributed by atoms with Crippen LogP contribution in [-0.4, -0.2) is 29.1 Å². The molecule has 6 rings (SSSR count). The minimum absolute atomic E-state index is 0.0418. The molecule has 3 N–H and O–H groups in total. The number of halogens is 2. The molecule has 1 fully saturated rings. The van der Waals surface area contributed by atoms with E-state index in [2.05, 4.69) is 20.9 Å². The highest BCUT2D eigenvalue weighted by Crippen LogP contribution is 2.54. The molecule has 3 unspecified atom stereocenters. The van der Waals surface area contributed by atoms with E-state index in [1.165, 1.54) is 6.07 Å². The van der Waals surface area contributed by atoms with Crippen molar-refractivity contribution in [2.75, 3.05) is 10.6 Å². The molecule has 3 amide bonds. The van der Waals surface area contributed by atoms with Gasteiger partial charge in [-0.2, -0.15) is 0 Å². The van der Waals surface area contributed by atoms with Gasteiger partial charge in [0.25, 0.3) is 0 Å². The molecule has 1 saturated carbocycles. The van der Waals surface area contributed by atoms with Gasteiger partial charge in [-0.05, 0) is 42.8 Å². The maximum absolute atomic E-state index is 13.4. The standard InChI is InChI=1S/C24H18F2N4O4/c25-15-4-1-11(9-16(15)26)28-24(32)30-21-20-14-10-12(2-5-17(14)34-22(20)21)33-18-7-8-27-23-13(18)3-6-19(31)29-23/h1-2,4-5,7-10,20-22H,3,6H2,(H,27,29,31)(H2,28,30,32). The number of hydrogen-bond acceptors (Lipinski definition) is 5. The second-order valence-corrected chi connectivity index (χ2v) is 8.35. The summed E-state index contributed by atoms with van der Waals surface area (Å²) in [6.45, 7) is 0. The van der Waals surface area contributed by atoms with Crippen LogP contribution < -0.4 is 25.4 Å². The third-order valence-electron chi connectivity index (χ3n) is 6.13. The SMILES string of the molecule is O=C1CCc2c(Oc3ccc4c(c3)C3C(NC(=O)Nc5ccc(F)c(F)c5)C3O4)ccnc2N1. The fourth-order valence-electron chi connectivity index (χ4n) is 4.45. The lowest BCUT2D eigenvalue weighted by Crippen LogP contribution is -2.34. The van der Waals surface area contributed by atoms with Gasteiger partial charge in [0.15, 0.2) is 11.6 Å². The van der Waals surface area contributed by atoms with Crippen LogP contribution in [0.3, 0.4) is 0 Å². The van der Waals surface area contributed by atoms with Gasteiger partial charge in [0, 0.05) is 35.5 Å². The molecule has 8 nitrogen and oxygen atoms in total. The van der Waals surface area contributed by atoms with E-state index >= 15 is 0 Å². The second kappa shape index (κ2) is 7.68. The summed E-state index contributed by atoms with van der Waals surface area (Å²) in [7, 11) is 0. The summed E-state index contributed by atoms with van der Waals surface area (Å²) in [4.78, 5) is 28.2. The van der Waals surface area contributed by atoms with Crippen LogP contribution in [0.15, 0.2) is 48.7 Å². The number of hydrogen-bond donors (Lipinski definition) is 3. The first-order valence-corrected chi connectivity index (χ1v) is 10.7. The van der Waals surface area contributed by atoms with E-state index in [0.717, 1.165) is 29.0 Å². The highest BCUT2D eigenvalue weighted by atomic mass is 19.2. The Bertz CT molecular complexity index is 1350. The van der Waals surface area contributed by atoms with Crippen LogP contribution in [-0.2, 0) is 11.2 Å². The van der Waals surface area contributed by atoms with E-state index in [-0.39, 0.29) is 29.7 Å². The lowest BCUT2D eigenvalue weighted by molar-refractivity contribution is -0.116. The molecule has 1 aliphatic carbocycles. The Kier molecular flexibility index (Phi) is 4.61. The van der Waals surface area contributed by atoms with Crippen LogP contribution >= 0.6 is 0 Å². The molecule has 2 aromatic carbocycles. The van der Waals surface area contributed by atoms with E-state index in [1.54, 1.807) is 18.3 Å². The molecule has 0 radical (unpaired) electrons. The molecule has 1 aromatic heterocycles. The minimum atomic E-state index is -1.04. The Hall–Kier alpha value is -4.21. The first kappa shape index (κ1) is 20.4. The zero-order valence-corrected chi connectivity index (χ0v) is 17.6. The van der Waals surface area contributed by atoms with Crippen molar-refractivity contribution in [3.8, 4) is 17.2 Å². The number of aromatic nitrogens is 1. The average Bonchev–Trinajstić information content (AvgIpc) is 3.32. The van der Waals surface area contributed by atoms with Gasteiger partial charge in [-0.1, -0.05) is 0 Å². The summed E-state index contributed by atoms with van der Waals surface area (Å²) >= 11 is 0. The molecule has 3 aromatic rings. The third kappa shape index (κ3) is 3.57. The summed E-state index contributed by atoms with van der Waals surface area (Å²) in [6.07, 6.45) is 2.29. The van der Waals surface area contributed by atoms with Gasteiger partial charge in [0.2, 0.25) is 5.91 Å². The maximum Gasteiger partial charge on any atom is 0.319 e. The highest BCUT2D eigenvalue weighted by Gasteiger charge is 2.59. The Morgan fingerprint density at radius 2 is 2.00 bits per heavy atom. The summed E-state index contributed by atoms with van der Waals surface area (Å²) in [5.74, 6) is 0.328. The normalized spacial score (nSPS) is 21.4. The predicted octanol–water partition coefficient (Wildman–Crippen LogP) is 4.09. The first-order valence-electron chi connectivity index (χ1n) is 10.7. The van der Waals surface area contributed by atoms with Gasteiger partial charge in [-0.3, -0.25) is 4.79 Å². The van der Waals surface area contributed by atoms with E-state index in [9.17, 15) is 18.4 Å². The topological polar surface area (TPSA) is 102 Å². The van der Waals surface area contributed by atoms with Gasteiger partial charge in [-0.25, -0.2) is 18.6 Å². The molecule has 10 heteroatoms. The van der Waals surface area contributed by atoms with Crippen LogP contribution in [0.2, 0.25) is 0 Å². The summed E-state index contributed by atoms with van der Waals surface area (Å²) in [5, 5.41) is 8.06. The van der Waals surface area contributed by atoms with Crippen molar-refractivity contribution in [3.63, 3.8) is 0 Å². The number of carbonyl (C=O) groups excluding carboxylic acids is 2. The molecule has 2 aliphatic heterocycles. The maximum atomic E-state index is 13.4. The van der Waals surface area contributed by atoms with Gasteiger partial charge >= 0.3 is 6.03 Å². The number of carbonyl (C=O) groups is 2. The number of rotatable bonds is 4. The zero-order chi connectivity index (χ0) is 23.4. The Balaban J connectivity index is 1.14. The van der Waals surface area contributed by atoms with Gasteiger partial charge < -0.3 is 25.4 Å². The number of fused-ring (bicyclic) bond motifs is 4. The van der Waals surface area contributed by atoms with Crippen molar-refractivity contribution < 1.29 is 27.8 Å². The molecule has 3 heterocycles. The molecule has 3 aliphatic rings.